The summed E-state index contributed by atoms with van der Waals surface area (Å²) in [6, 6.07) is 8.06. The lowest BCUT2D eigenvalue weighted by Crippen LogP contribution is -1.84. The largest absolute Gasteiger partial charge is 0.497 e. The van der Waals surface area contributed by atoms with E-state index in [9.17, 15) is 0 Å². The van der Waals surface area contributed by atoms with Gasteiger partial charge in [-0.25, -0.2) is 0 Å². The van der Waals surface area contributed by atoms with Gasteiger partial charge in [0.1, 0.15) is 5.75 Å². The number of anilines is 1. The zero-order valence-corrected chi connectivity index (χ0v) is 11.3. The van der Waals surface area contributed by atoms with Crippen LogP contribution < -0.4 is 10.1 Å². The number of benzene rings is 1. The summed E-state index contributed by atoms with van der Waals surface area (Å²) in [6.07, 6.45) is 0. The van der Waals surface area contributed by atoms with Crippen molar-refractivity contribution in [2.45, 2.75) is 10.1 Å². The van der Waals surface area contributed by atoms with Crippen molar-refractivity contribution < 1.29 is 4.74 Å². The molecule has 1 heterocycles. The average Bonchev–Trinajstić information content (AvgIpc) is 2.85. The summed E-state index contributed by atoms with van der Waals surface area (Å²) >= 11 is 3.25. The number of nitrogens with one attached hydrogen (secondary N) is 1. The number of hydrogen-bond donors (Lipinski definition) is 1. The molecule has 0 radical (unpaired) electrons. The Bertz CT molecular complexity index is 470. The van der Waals surface area contributed by atoms with E-state index in [0.29, 0.717) is 0 Å². The lowest BCUT2D eigenvalue weighted by molar-refractivity contribution is 0.414. The van der Waals surface area contributed by atoms with Gasteiger partial charge in [0.25, 0.3) is 0 Å². The van der Waals surface area contributed by atoms with Crippen molar-refractivity contribution in [3.63, 3.8) is 0 Å². The molecular formula is C11H13N3OS2. The Balaban J connectivity index is 1.92. The van der Waals surface area contributed by atoms with Gasteiger partial charge >= 0.3 is 0 Å². The highest BCUT2D eigenvalue weighted by molar-refractivity contribution is 8.00. The smallest absolute Gasteiger partial charge is 0.206 e. The second-order valence-electron chi connectivity index (χ2n) is 3.26. The van der Waals surface area contributed by atoms with Crippen molar-refractivity contribution in [1.29, 1.82) is 0 Å². The summed E-state index contributed by atoms with van der Waals surface area (Å²) < 4.78 is 6.09. The monoisotopic (exact) mass is 267 g/mol. The van der Waals surface area contributed by atoms with Crippen molar-refractivity contribution in [3.05, 3.63) is 29.8 Å². The van der Waals surface area contributed by atoms with Crippen LogP contribution in [0.3, 0.4) is 0 Å². The van der Waals surface area contributed by atoms with Gasteiger partial charge in [-0.15, -0.1) is 10.2 Å². The second-order valence-corrected chi connectivity index (χ2v) is 5.46. The number of thioether (sulfide) groups is 1. The number of methoxy groups -OCH3 is 1. The molecule has 0 aliphatic heterocycles. The quantitative estimate of drug-likeness (QED) is 0.844. The Morgan fingerprint density at radius 3 is 2.65 bits per heavy atom. The summed E-state index contributed by atoms with van der Waals surface area (Å²) in [5, 5.41) is 11.9. The predicted molar refractivity (Wildman–Crippen MR) is 72.0 cm³/mol. The lowest BCUT2D eigenvalue weighted by Gasteiger charge is -2.01. The van der Waals surface area contributed by atoms with Gasteiger partial charge in [0.2, 0.25) is 5.13 Å². The van der Waals surface area contributed by atoms with Gasteiger partial charge < -0.3 is 10.1 Å². The number of ether oxygens (including phenoxy) is 1. The Morgan fingerprint density at radius 1 is 1.29 bits per heavy atom. The Kier molecular flexibility index (Phi) is 4.22. The van der Waals surface area contributed by atoms with Crippen LogP contribution in [0.2, 0.25) is 0 Å². The molecule has 0 bridgehead atoms. The third kappa shape index (κ3) is 3.34. The third-order valence-electron chi connectivity index (χ3n) is 2.14. The third-order valence-corrected chi connectivity index (χ3v) is 4.29. The van der Waals surface area contributed by atoms with Crippen molar-refractivity contribution in [2.24, 2.45) is 0 Å². The van der Waals surface area contributed by atoms with Gasteiger partial charge in [0, 0.05) is 12.8 Å². The molecule has 0 saturated carbocycles. The fourth-order valence-corrected chi connectivity index (χ4v) is 2.90. The van der Waals surface area contributed by atoms with E-state index in [4.69, 9.17) is 4.74 Å². The van der Waals surface area contributed by atoms with E-state index in [2.05, 4.69) is 27.6 Å². The van der Waals surface area contributed by atoms with Crippen molar-refractivity contribution in [3.8, 4) is 5.75 Å². The molecule has 1 aromatic heterocycles. The molecule has 90 valence electrons. The molecule has 0 unspecified atom stereocenters. The molecule has 6 heteroatoms. The first-order valence-corrected chi connectivity index (χ1v) is 6.89. The Morgan fingerprint density at radius 2 is 2.06 bits per heavy atom. The van der Waals surface area contributed by atoms with Crippen molar-refractivity contribution in [1.82, 2.24) is 10.2 Å². The summed E-state index contributed by atoms with van der Waals surface area (Å²) in [4.78, 5) is 0. The Labute approximate surface area is 108 Å². The van der Waals surface area contributed by atoms with Crippen LogP contribution in [0, 0.1) is 0 Å². The van der Waals surface area contributed by atoms with E-state index in [1.165, 1.54) is 5.56 Å². The first kappa shape index (κ1) is 12.2. The molecule has 0 spiro atoms. The molecule has 17 heavy (non-hydrogen) atoms. The molecule has 0 fully saturated rings. The second kappa shape index (κ2) is 5.88. The van der Waals surface area contributed by atoms with Crippen LogP contribution in [0.5, 0.6) is 5.75 Å². The highest BCUT2D eigenvalue weighted by Gasteiger charge is 2.03. The van der Waals surface area contributed by atoms with E-state index < -0.39 is 0 Å². The molecule has 2 rings (SSSR count). The molecule has 1 N–H and O–H groups in total. The zero-order valence-electron chi connectivity index (χ0n) is 9.64. The number of rotatable bonds is 5. The number of aromatic nitrogens is 2. The summed E-state index contributed by atoms with van der Waals surface area (Å²) in [5.41, 5.74) is 1.25. The fraction of sp³-hybridized carbons (Fsp3) is 0.273. The highest BCUT2D eigenvalue weighted by atomic mass is 32.2. The van der Waals surface area contributed by atoms with Crippen LogP contribution in [-0.4, -0.2) is 24.4 Å². The zero-order chi connectivity index (χ0) is 12.1. The molecule has 0 atom stereocenters. The summed E-state index contributed by atoms with van der Waals surface area (Å²) in [7, 11) is 3.52. The molecule has 0 saturated heterocycles. The molecule has 0 amide bonds. The summed E-state index contributed by atoms with van der Waals surface area (Å²) in [6.45, 7) is 0. The minimum absolute atomic E-state index is 0.849. The standard InChI is InChI=1S/C11H13N3OS2/c1-12-10-13-14-11(17-10)16-7-8-3-5-9(15-2)6-4-8/h3-6H,7H2,1-2H3,(H,12,13). The van der Waals surface area contributed by atoms with E-state index in [-0.39, 0.29) is 0 Å². The van der Waals surface area contributed by atoms with E-state index in [1.807, 2.05) is 19.2 Å². The van der Waals surface area contributed by atoms with Crippen LogP contribution in [0.4, 0.5) is 5.13 Å². The maximum absolute atomic E-state index is 5.11. The fourth-order valence-electron chi connectivity index (χ4n) is 1.24. The van der Waals surface area contributed by atoms with Crippen LogP contribution in [0.25, 0.3) is 0 Å². The maximum atomic E-state index is 5.11. The molecule has 2 aromatic rings. The minimum atomic E-state index is 0.849. The molecular weight excluding hydrogens is 254 g/mol. The first-order valence-electron chi connectivity index (χ1n) is 5.09. The first-order chi connectivity index (χ1) is 8.31. The van der Waals surface area contributed by atoms with Gasteiger partial charge in [-0.05, 0) is 17.7 Å². The highest BCUT2D eigenvalue weighted by Crippen LogP contribution is 2.28. The maximum Gasteiger partial charge on any atom is 0.206 e. The molecule has 4 nitrogen and oxygen atoms in total. The molecule has 1 aromatic carbocycles. The topological polar surface area (TPSA) is 47.0 Å². The van der Waals surface area contributed by atoms with Crippen LogP contribution in [-0.2, 0) is 5.75 Å². The normalized spacial score (nSPS) is 10.2. The van der Waals surface area contributed by atoms with Crippen LogP contribution >= 0.6 is 23.1 Å². The van der Waals surface area contributed by atoms with Gasteiger partial charge in [-0.1, -0.05) is 35.2 Å². The predicted octanol–water partition coefficient (Wildman–Crippen LogP) is 2.88. The van der Waals surface area contributed by atoms with E-state index in [0.717, 1.165) is 21.0 Å². The number of nitrogens with zero attached hydrogens (tertiary/aromatic N) is 2. The lowest BCUT2D eigenvalue weighted by atomic mass is 10.2. The van der Waals surface area contributed by atoms with Gasteiger partial charge in [-0.2, -0.15) is 0 Å². The SMILES string of the molecule is CNc1nnc(SCc2ccc(OC)cc2)s1. The minimum Gasteiger partial charge on any atom is -0.497 e. The van der Waals surface area contributed by atoms with Crippen LogP contribution in [0.15, 0.2) is 28.6 Å². The summed E-state index contributed by atoms with van der Waals surface area (Å²) in [5.74, 6) is 1.77. The van der Waals surface area contributed by atoms with Crippen LogP contribution in [0.1, 0.15) is 5.56 Å². The van der Waals surface area contributed by atoms with Gasteiger partial charge in [0.05, 0.1) is 7.11 Å². The van der Waals surface area contributed by atoms with Gasteiger partial charge in [0.15, 0.2) is 4.34 Å². The molecule has 0 aliphatic rings. The Hall–Kier alpha value is -1.27. The molecule has 0 aliphatic carbocycles. The van der Waals surface area contributed by atoms with E-state index in [1.54, 1.807) is 30.2 Å². The van der Waals surface area contributed by atoms with E-state index >= 15 is 0 Å². The van der Waals surface area contributed by atoms with Gasteiger partial charge in [-0.3, -0.25) is 0 Å². The average molecular weight is 267 g/mol. The van der Waals surface area contributed by atoms with Crippen molar-refractivity contribution >= 4 is 28.2 Å². The van der Waals surface area contributed by atoms with Crippen molar-refractivity contribution in [2.75, 3.05) is 19.5 Å². The number of hydrogen-bond acceptors (Lipinski definition) is 6.